The highest BCUT2D eigenvalue weighted by Gasteiger charge is 2.33. The Morgan fingerprint density at radius 1 is 1.30 bits per heavy atom. The van der Waals surface area contributed by atoms with Crippen molar-refractivity contribution in [2.24, 2.45) is 0 Å². The van der Waals surface area contributed by atoms with E-state index < -0.39 is 34.1 Å². The average molecular weight is 329 g/mol. The van der Waals surface area contributed by atoms with E-state index >= 15 is 0 Å². The van der Waals surface area contributed by atoms with Crippen LogP contribution in [0.3, 0.4) is 0 Å². The first-order valence-electron chi connectivity index (χ1n) is 5.24. The molecule has 110 valence electrons. The standard InChI is InChI=1S/C11H9Cl2F3N2O2/c1-5(12)9(19)18-10(20)17-6-2-3-8(13)7(4-6)11(14,15)16/h2-5H,1H3,(H2,17,18,19,20). The van der Waals surface area contributed by atoms with Crippen molar-refractivity contribution in [2.45, 2.75) is 18.5 Å². The highest BCUT2D eigenvalue weighted by atomic mass is 35.5. The van der Waals surface area contributed by atoms with Crippen molar-refractivity contribution in [2.75, 3.05) is 5.32 Å². The minimum atomic E-state index is -4.65. The molecule has 1 unspecified atom stereocenters. The number of carbonyl (C=O) groups excluding carboxylic acids is 2. The van der Waals surface area contributed by atoms with Gasteiger partial charge in [-0.15, -0.1) is 11.6 Å². The maximum absolute atomic E-state index is 12.6. The first-order valence-corrected chi connectivity index (χ1v) is 6.05. The Kier molecular flexibility index (Phi) is 5.24. The van der Waals surface area contributed by atoms with Gasteiger partial charge in [-0.2, -0.15) is 13.2 Å². The van der Waals surface area contributed by atoms with Crippen molar-refractivity contribution in [1.82, 2.24) is 5.32 Å². The van der Waals surface area contributed by atoms with E-state index in [1.165, 1.54) is 13.0 Å². The maximum atomic E-state index is 12.6. The maximum Gasteiger partial charge on any atom is 0.417 e. The number of halogens is 5. The smallest absolute Gasteiger partial charge is 0.308 e. The molecule has 1 aromatic carbocycles. The predicted molar refractivity (Wildman–Crippen MR) is 68.9 cm³/mol. The van der Waals surface area contributed by atoms with Gasteiger partial charge in [0.25, 0.3) is 0 Å². The van der Waals surface area contributed by atoms with Crippen LogP contribution in [0, 0.1) is 0 Å². The number of amides is 3. The van der Waals surface area contributed by atoms with E-state index in [2.05, 4.69) is 5.32 Å². The zero-order chi connectivity index (χ0) is 15.5. The van der Waals surface area contributed by atoms with Gasteiger partial charge in [-0.25, -0.2) is 4.79 Å². The lowest BCUT2D eigenvalue weighted by Gasteiger charge is -2.12. The lowest BCUT2D eigenvalue weighted by molar-refractivity contribution is -0.137. The third-order valence-corrected chi connectivity index (χ3v) is 2.66. The molecule has 0 heterocycles. The molecule has 1 rings (SSSR count). The summed E-state index contributed by atoms with van der Waals surface area (Å²) in [7, 11) is 0. The second-order valence-electron chi connectivity index (χ2n) is 3.75. The molecule has 0 aliphatic rings. The van der Waals surface area contributed by atoms with Crippen LogP contribution < -0.4 is 10.6 Å². The first kappa shape index (κ1) is 16.6. The van der Waals surface area contributed by atoms with Crippen LogP contribution in [0.15, 0.2) is 18.2 Å². The van der Waals surface area contributed by atoms with Crippen molar-refractivity contribution in [1.29, 1.82) is 0 Å². The summed E-state index contributed by atoms with van der Waals surface area (Å²) >= 11 is 10.8. The van der Waals surface area contributed by atoms with Crippen LogP contribution in [0.5, 0.6) is 0 Å². The van der Waals surface area contributed by atoms with Crippen LogP contribution in [0.4, 0.5) is 23.7 Å². The molecule has 4 nitrogen and oxygen atoms in total. The fraction of sp³-hybridized carbons (Fsp3) is 0.273. The Balaban J connectivity index is 2.84. The van der Waals surface area contributed by atoms with Crippen molar-refractivity contribution in [3.63, 3.8) is 0 Å². The van der Waals surface area contributed by atoms with Gasteiger partial charge in [0, 0.05) is 5.69 Å². The highest BCUT2D eigenvalue weighted by Crippen LogP contribution is 2.36. The van der Waals surface area contributed by atoms with Gasteiger partial charge in [0.1, 0.15) is 5.38 Å². The van der Waals surface area contributed by atoms with E-state index in [1.54, 1.807) is 0 Å². The first-order chi connectivity index (χ1) is 9.11. The van der Waals surface area contributed by atoms with Crippen molar-refractivity contribution < 1.29 is 22.8 Å². The molecule has 0 saturated heterocycles. The number of hydrogen-bond acceptors (Lipinski definition) is 2. The molecule has 1 atom stereocenters. The van der Waals surface area contributed by atoms with Gasteiger partial charge in [0.15, 0.2) is 0 Å². The van der Waals surface area contributed by atoms with Crippen molar-refractivity contribution in [3.05, 3.63) is 28.8 Å². The molecule has 1 aromatic rings. The summed E-state index contributed by atoms with van der Waals surface area (Å²) in [6.45, 7) is 1.34. The van der Waals surface area contributed by atoms with E-state index in [1.807, 2.05) is 5.32 Å². The molecule has 3 amide bonds. The van der Waals surface area contributed by atoms with E-state index in [0.717, 1.165) is 6.07 Å². The van der Waals surface area contributed by atoms with E-state index in [-0.39, 0.29) is 5.69 Å². The molecule has 0 fully saturated rings. The second-order valence-corrected chi connectivity index (χ2v) is 4.81. The molecular formula is C11H9Cl2F3N2O2. The molecule has 0 aliphatic heterocycles. The molecule has 0 radical (unpaired) electrons. The van der Waals surface area contributed by atoms with Crippen LogP contribution in [-0.4, -0.2) is 17.3 Å². The van der Waals surface area contributed by atoms with Gasteiger partial charge in [0.05, 0.1) is 10.6 Å². The number of anilines is 1. The largest absolute Gasteiger partial charge is 0.417 e. The van der Waals surface area contributed by atoms with Crippen LogP contribution in [-0.2, 0) is 11.0 Å². The van der Waals surface area contributed by atoms with Crippen LogP contribution >= 0.6 is 23.2 Å². The number of hydrogen-bond donors (Lipinski definition) is 2. The molecule has 0 spiro atoms. The van der Waals surface area contributed by atoms with Gasteiger partial charge < -0.3 is 5.32 Å². The molecule has 0 saturated carbocycles. The fourth-order valence-electron chi connectivity index (χ4n) is 1.19. The highest BCUT2D eigenvalue weighted by molar-refractivity contribution is 6.32. The minimum Gasteiger partial charge on any atom is -0.308 e. The molecule has 0 aliphatic carbocycles. The summed E-state index contributed by atoms with van der Waals surface area (Å²) in [5.74, 6) is -0.769. The Hall–Kier alpha value is -1.47. The van der Waals surface area contributed by atoms with E-state index in [9.17, 15) is 22.8 Å². The number of imide groups is 1. The monoisotopic (exact) mass is 328 g/mol. The molecule has 2 N–H and O–H groups in total. The van der Waals surface area contributed by atoms with Gasteiger partial charge >= 0.3 is 12.2 Å². The van der Waals surface area contributed by atoms with Gasteiger partial charge in [0.2, 0.25) is 5.91 Å². The Labute approximate surface area is 122 Å². The zero-order valence-electron chi connectivity index (χ0n) is 10.0. The Morgan fingerprint density at radius 3 is 2.40 bits per heavy atom. The summed E-state index contributed by atoms with van der Waals surface area (Å²) in [5.41, 5.74) is -1.25. The molecule has 0 aromatic heterocycles. The number of alkyl halides is 4. The van der Waals surface area contributed by atoms with Crippen molar-refractivity contribution in [3.8, 4) is 0 Å². The lowest BCUT2D eigenvalue weighted by Crippen LogP contribution is -2.38. The Morgan fingerprint density at radius 2 is 1.90 bits per heavy atom. The summed E-state index contributed by atoms with van der Waals surface area (Å²) in [5, 5.41) is 2.51. The summed E-state index contributed by atoms with van der Waals surface area (Å²) in [6.07, 6.45) is -4.65. The minimum absolute atomic E-state index is 0.158. The third kappa shape index (κ3) is 4.57. The molecule has 0 bridgehead atoms. The van der Waals surface area contributed by atoms with Crippen molar-refractivity contribution >= 4 is 40.8 Å². The number of benzene rings is 1. The summed E-state index contributed by atoms with van der Waals surface area (Å²) < 4.78 is 37.8. The summed E-state index contributed by atoms with van der Waals surface area (Å²) in [6, 6.07) is 1.84. The van der Waals surface area contributed by atoms with Gasteiger partial charge in [-0.3, -0.25) is 10.1 Å². The molecule has 20 heavy (non-hydrogen) atoms. The van der Waals surface area contributed by atoms with E-state index in [0.29, 0.717) is 6.07 Å². The quantitative estimate of drug-likeness (QED) is 0.814. The number of urea groups is 1. The number of rotatable bonds is 2. The van der Waals surface area contributed by atoms with Gasteiger partial charge in [-0.1, -0.05) is 11.6 Å². The fourth-order valence-corrected chi connectivity index (χ4v) is 1.47. The van der Waals surface area contributed by atoms with Gasteiger partial charge in [-0.05, 0) is 25.1 Å². The average Bonchev–Trinajstić information content (AvgIpc) is 2.29. The Bertz CT molecular complexity index is 533. The summed E-state index contributed by atoms with van der Waals surface area (Å²) in [4.78, 5) is 22.5. The third-order valence-electron chi connectivity index (χ3n) is 2.13. The molecular weight excluding hydrogens is 320 g/mol. The number of nitrogens with one attached hydrogen (secondary N) is 2. The normalized spacial score (nSPS) is 12.7. The van der Waals surface area contributed by atoms with Crippen LogP contribution in [0.1, 0.15) is 12.5 Å². The van der Waals surface area contributed by atoms with Crippen LogP contribution in [0.2, 0.25) is 5.02 Å². The van der Waals surface area contributed by atoms with E-state index in [4.69, 9.17) is 23.2 Å². The topological polar surface area (TPSA) is 58.2 Å². The molecule has 9 heteroatoms. The zero-order valence-corrected chi connectivity index (χ0v) is 11.5. The SMILES string of the molecule is CC(Cl)C(=O)NC(=O)Nc1ccc(Cl)c(C(F)(F)F)c1. The number of carbonyl (C=O) groups is 2. The predicted octanol–water partition coefficient (Wildman–Crippen LogP) is 3.63. The van der Waals surface area contributed by atoms with Crippen LogP contribution in [0.25, 0.3) is 0 Å². The second kappa shape index (κ2) is 6.32. The lowest BCUT2D eigenvalue weighted by atomic mass is 10.2.